The lowest BCUT2D eigenvalue weighted by molar-refractivity contribution is 0.102. The zero-order chi connectivity index (χ0) is 14.4. The van der Waals surface area contributed by atoms with Crippen LogP contribution < -0.4 is 10.1 Å². The fourth-order valence-corrected chi connectivity index (χ4v) is 1.68. The van der Waals surface area contributed by atoms with Gasteiger partial charge in [-0.2, -0.15) is 0 Å². The molecule has 0 atom stereocenters. The Labute approximate surface area is 118 Å². The Hall–Kier alpha value is -2.36. The second-order valence-corrected chi connectivity index (χ2v) is 4.55. The van der Waals surface area contributed by atoms with Crippen molar-refractivity contribution in [2.75, 3.05) is 11.9 Å². The number of hydrogen-bond donors (Lipinski definition) is 1. The summed E-state index contributed by atoms with van der Waals surface area (Å²) < 4.78 is 5.52. The van der Waals surface area contributed by atoms with E-state index in [-0.39, 0.29) is 5.91 Å². The molecule has 20 heavy (non-hydrogen) atoms. The van der Waals surface area contributed by atoms with E-state index in [1.165, 1.54) is 0 Å². The molecule has 104 valence electrons. The van der Waals surface area contributed by atoms with Crippen LogP contribution in [0.25, 0.3) is 0 Å². The standard InChI is InChI=1S/C16H18N2O2/c1-3-9-20-14-6-4-5-13(10-14)16(19)18-15-8-7-12(2)11-17-15/h4-8,10-11H,3,9H2,1-2H3,(H,17,18,19). The molecule has 0 radical (unpaired) electrons. The number of rotatable bonds is 5. The molecule has 0 aliphatic heterocycles. The average Bonchev–Trinajstić information content (AvgIpc) is 2.48. The summed E-state index contributed by atoms with van der Waals surface area (Å²) in [5, 5.41) is 2.76. The third-order valence-corrected chi connectivity index (χ3v) is 2.72. The zero-order valence-electron chi connectivity index (χ0n) is 11.7. The summed E-state index contributed by atoms with van der Waals surface area (Å²) in [5.74, 6) is 1.06. The lowest BCUT2D eigenvalue weighted by Crippen LogP contribution is -2.13. The molecule has 1 aromatic heterocycles. The van der Waals surface area contributed by atoms with Gasteiger partial charge in [-0.15, -0.1) is 0 Å². The van der Waals surface area contributed by atoms with Crippen LogP contribution in [0.15, 0.2) is 42.6 Å². The van der Waals surface area contributed by atoms with E-state index in [4.69, 9.17) is 4.74 Å². The molecule has 1 aromatic carbocycles. The Bertz CT molecular complexity index is 579. The number of carbonyl (C=O) groups excluding carboxylic acids is 1. The molecule has 0 aliphatic rings. The van der Waals surface area contributed by atoms with Gasteiger partial charge in [0, 0.05) is 11.8 Å². The molecule has 1 N–H and O–H groups in total. The summed E-state index contributed by atoms with van der Waals surface area (Å²) in [7, 11) is 0. The van der Waals surface area contributed by atoms with Crippen molar-refractivity contribution in [3.63, 3.8) is 0 Å². The molecule has 0 aliphatic carbocycles. The van der Waals surface area contributed by atoms with Crippen molar-refractivity contribution >= 4 is 11.7 Å². The van der Waals surface area contributed by atoms with E-state index < -0.39 is 0 Å². The van der Waals surface area contributed by atoms with Crippen molar-refractivity contribution in [1.29, 1.82) is 0 Å². The molecule has 2 aromatic rings. The number of hydrogen-bond acceptors (Lipinski definition) is 3. The largest absolute Gasteiger partial charge is 0.494 e. The van der Waals surface area contributed by atoms with Gasteiger partial charge in [0.15, 0.2) is 0 Å². The summed E-state index contributed by atoms with van der Waals surface area (Å²) in [6.45, 7) is 4.64. The molecule has 0 bridgehead atoms. The van der Waals surface area contributed by atoms with E-state index in [1.807, 2.05) is 32.0 Å². The number of nitrogens with one attached hydrogen (secondary N) is 1. The first-order chi connectivity index (χ1) is 9.69. The van der Waals surface area contributed by atoms with Crippen molar-refractivity contribution in [3.05, 3.63) is 53.7 Å². The van der Waals surface area contributed by atoms with E-state index in [0.717, 1.165) is 12.0 Å². The maximum absolute atomic E-state index is 12.1. The maximum atomic E-state index is 12.1. The molecule has 4 heteroatoms. The van der Waals surface area contributed by atoms with Gasteiger partial charge in [0.2, 0.25) is 0 Å². The van der Waals surface area contributed by atoms with Crippen LogP contribution in [-0.2, 0) is 0 Å². The van der Waals surface area contributed by atoms with Crippen LogP contribution in [0.4, 0.5) is 5.82 Å². The van der Waals surface area contributed by atoms with Crippen molar-refractivity contribution < 1.29 is 9.53 Å². The zero-order valence-corrected chi connectivity index (χ0v) is 11.7. The highest BCUT2D eigenvalue weighted by atomic mass is 16.5. The van der Waals surface area contributed by atoms with Gasteiger partial charge in [0.1, 0.15) is 11.6 Å². The van der Waals surface area contributed by atoms with E-state index in [2.05, 4.69) is 10.3 Å². The summed E-state index contributed by atoms with van der Waals surface area (Å²) in [4.78, 5) is 16.3. The van der Waals surface area contributed by atoms with Gasteiger partial charge in [-0.25, -0.2) is 4.98 Å². The van der Waals surface area contributed by atoms with Crippen molar-refractivity contribution in [3.8, 4) is 5.75 Å². The van der Waals surface area contributed by atoms with Gasteiger partial charge in [-0.05, 0) is 43.2 Å². The van der Waals surface area contributed by atoms with Gasteiger partial charge < -0.3 is 10.1 Å². The maximum Gasteiger partial charge on any atom is 0.256 e. The van der Waals surface area contributed by atoms with Gasteiger partial charge in [-0.1, -0.05) is 19.1 Å². The minimum atomic E-state index is -0.191. The van der Waals surface area contributed by atoms with Gasteiger partial charge in [-0.3, -0.25) is 4.79 Å². The molecule has 1 amide bonds. The van der Waals surface area contributed by atoms with Gasteiger partial charge >= 0.3 is 0 Å². The number of aryl methyl sites for hydroxylation is 1. The van der Waals surface area contributed by atoms with E-state index in [9.17, 15) is 4.79 Å². The monoisotopic (exact) mass is 270 g/mol. The summed E-state index contributed by atoms with van der Waals surface area (Å²) in [6, 6.07) is 10.8. The highest BCUT2D eigenvalue weighted by molar-refractivity contribution is 6.03. The minimum Gasteiger partial charge on any atom is -0.494 e. The summed E-state index contributed by atoms with van der Waals surface area (Å²) >= 11 is 0. The van der Waals surface area contributed by atoms with E-state index in [0.29, 0.717) is 23.7 Å². The first kappa shape index (κ1) is 14.1. The van der Waals surface area contributed by atoms with Gasteiger partial charge in [0.25, 0.3) is 5.91 Å². The third-order valence-electron chi connectivity index (χ3n) is 2.72. The Balaban J connectivity index is 2.06. The average molecular weight is 270 g/mol. The highest BCUT2D eigenvalue weighted by Crippen LogP contribution is 2.15. The van der Waals surface area contributed by atoms with Crippen LogP contribution in [0.5, 0.6) is 5.75 Å². The second kappa shape index (κ2) is 6.70. The molecule has 0 spiro atoms. The van der Waals surface area contributed by atoms with Crippen LogP contribution in [0.1, 0.15) is 29.3 Å². The molecule has 2 rings (SSSR count). The number of carbonyl (C=O) groups is 1. The number of nitrogens with zero attached hydrogens (tertiary/aromatic N) is 1. The number of ether oxygens (including phenoxy) is 1. The summed E-state index contributed by atoms with van der Waals surface area (Å²) in [6.07, 6.45) is 2.65. The highest BCUT2D eigenvalue weighted by Gasteiger charge is 2.07. The first-order valence-electron chi connectivity index (χ1n) is 6.66. The van der Waals surface area contributed by atoms with E-state index in [1.54, 1.807) is 24.4 Å². The molecule has 4 nitrogen and oxygen atoms in total. The number of aromatic nitrogens is 1. The first-order valence-corrected chi connectivity index (χ1v) is 6.66. The molecule has 0 saturated carbocycles. The topological polar surface area (TPSA) is 51.2 Å². The van der Waals surface area contributed by atoms with Crippen LogP contribution in [0, 0.1) is 6.92 Å². The van der Waals surface area contributed by atoms with Crippen LogP contribution in [0.3, 0.4) is 0 Å². The predicted octanol–water partition coefficient (Wildman–Crippen LogP) is 3.43. The predicted molar refractivity (Wildman–Crippen MR) is 79.2 cm³/mol. The third kappa shape index (κ3) is 3.82. The van der Waals surface area contributed by atoms with Crippen molar-refractivity contribution in [2.45, 2.75) is 20.3 Å². The molecular formula is C16H18N2O2. The van der Waals surface area contributed by atoms with Gasteiger partial charge in [0.05, 0.1) is 6.61 Å². The molecule has 1 heterocycles. The molecule has 0 unspecified atom stereocenters. The van der Waals surface area contributed by atoms with E-state index >= 15 is 0 Å². The fourth-order valence-electron chi connectivity index (χ4n) is 1.68. The lowest BCUT2D eigenvalue weighted by Gasteiger charge is -2.07. The Morgan fingerprint density at radius 3 is 2.85 bits per heavy atom. The Morgan fingerprint density at radius 2 is 2.15 bits per heavy atom. The number of anilines is 1. The van der Waals surface area contributed by atoms with Crippen LogP contribution in [-0.4, -0.2) is 17.5 Å². The van der Waals surface area contributed by atoms with Crippen molar-refractivity contribution in [1.82, 2.24) is 4.98 Å². The smallest absolute Gasteiger partial charge is 0.256 e. The number of amides is 1. The number of benzene rings is 1. The molecule has 0 saturated heterocycles. The molecular weight excluding hydrogens is 252 g/mol. The SMILES string of the molecule is CCCOc1cccc(C(=O)Nc2ccc(C)cn2)c1. The van der Waals surface area contributed by atoms with Crippen molar-refractivity contribution in [2.24, 2.45) is 0 Å². The summed E-state index contributed by atoms with van der Waals surface area (Å²) in [5.41, 5.74) is 1.61. The second-order valence-electron chi connectivity index (χ2n) is 4.55. The Morgan fingerprint density at radius 1 is 1.30 bits per heavy atom. The Kier molecular flexibility index (Phi) is 4.71. The van der Waals surface area contributed by atoms with Crippen LogP contribution in [0.2, 0.25) is 0 Å². The normalized spacial score (nSPS) is 10.1. The quantitative estimate of drug-likeness (QED) is 0.905. The number of pyridine rings is 1. The lowest BCUT2D eigenvalue weighted by atomic mass is 10.2. The minimum absolute atomic E-state index is 0.191. The van der Waals surface area contributed by atoms with Crippen LogP contribution >= 0.6 is 0 Å². The molecule has 0 fully saturated rings. The fraction of sp³-hybridized carbons (Fsp3) is 0.250.